The van der Waals surface area contributed by atoms with Gasteiger partial charge in [-0.25, -0.2) is 8.78 Å². The first kappa shape index (κ1) is 16.2. The zero-order valence-corrected chi connectivity index (χ0v) is 12.3. The maximum absolute atomic E-state index is 13.4. The molecule has 114 valence electrons. The Kier molecular flexibility index (Phi) is 4.95. The van der Waals surface area contributed by atoms with E-state index in [0.717, 1.165) is 18.2 Å². The number of para-hydroxylation sites is 1. The van der Waals surface area contributed by atoms with Crippen LogP contribution in [0.1, 0.15) is 0 Å². The minimum absolute atomic E-state index is 0.0439. The van der Waals surface area contributed by atoms with E-state index in [-0.39, 0.29) is 15.7 Å². The lowest BCUT2D eigenvalue weighted by molar-refractivity contribution is -0.133. The van der Waals surface area contributed by atoms with Gasteiger partial charge in [-0.2, -0.15) is 0 Å². The third-order valence-corrected chi connectivity index (χ3v) is 3.43. The summed E-state index contributed by atoms with van der Waals surface area (Å²) in [4.78, 5) is 23.4. The number of halogens is 4. The fraction of sp³-hybridized carbons (Fsp3) is 0. The van der Waals surface area contributed by atoms with Crippen molar-refractivity contribution in [3.05, 3.63) is 58.1 Å². The van der Waals surface area contributed by atoms with Crippen LogP contribution in [0, 0.1) is 11.6 Å². The first-order valence-electron chi connectivity index (χ1n) is 5.90. The van der Waals surface area contributed by atoms with E-state index in [2.05, 4.69) is 5.32 Å². The molecule has 2 aromatic carbocycles. The molecule has 0 spiro atoms. The minimum atomic E-state index is -1.25. The summed E-state index contributed by atoms with van der Waals surface area (Å²) in [5, 5.41) is 4.28. The van der Waals surface area contributed by atoms with Gasteiger partial charge in [-0.05, 0) is 24.3 Å². The second-order valence-electron chi connectivity index (χ2n) is 4.11. The van der Waals surface area contributed by atoms with Crippen LogP contribution in [-0.4, -0.2) is 11.8 Å². The van der Waals surface area contributed by atoms with E-state index in [0.29, 0.717) is 0 Å². The van der Waals surface area contributed by atoms with Crippen LogP contribution >= 0.6 is 23.2 Å². The molecule has 4 nitrogen and oxygen atoms in total. The highest BCUT2D eigenvalue weighted by molar-refractivity contribution is 6.47. The Morgan fingerprint density at radius 1 is 0.864 bits per heavy atom. The molecule has 0 aliphatic heterocycles. The van der Waals surface area contributed by atoms with Crippen molar-refractivity contribution in [2.24, 2.45) is 0 Å². The molecule has 0 aromatic heterocycles. The first-order chi connectivity index (χ1) is 10.4. The summed E-state index contributed by atoms with van der Waals surface area (Å²) in [6.07, 6.45) is 0. The lowest BCUT2D eigenvalue weighted by Gasteiger charge is -2.09. The highest BCUT2D eigenvalue weighted by Gasteiger charge is 2.19. The van der Waals surface area contributed by atoms with E-state index in [9.17, 15) is 18.4 Å². The Labute approximate surface area is 134 Å². The molecule has 0 bridgehead atoms. The van der Waals surface area contributed by atoms with E-state index >= 15 is 0 Å². The number of anilines is 2. The van der Waals surface area contributed by atoms with Gasteiger partial charge < -0.3 is 10.6 Å². The SMILES string of the molecule is O=C(Nc1cccc(Cl)c1Cl)C(=O)Nc1c(F)cccc1F. The molecule has 0 radical (unpaired) electrons. The Morgan fingerprint density at radius 2 is 1.41 bits per heavy atom. The maximum Gasteiger partial charge on any atom is 0.314 e. The van der Waals surface area contributed by atoms with Gasteiger partial charge in [-0.15, -0.1) is 0 Å². The van der Waals surface area contributed by atoms with Gasteiger partial charge in [-0.1, -0.05) is 35.3 Å². The van der Waals surface area contributed by atoms with Crippen molar-refractivity contribution < 1.29 is 18.4 Å². The van der Waals surface area contributed by atoms with Crippen molar-refractivity contribution in [2.45, 2.75) is 0 Å². The topological polar surface area (TPSA) is 58.2 Å². The van der Waals surface area contributed by atoms with Gasteiger partial charge in [0.15, 0.2) is 0 Å². The number of hydrogen-bond acceptors (Lipinski definition) is 2. The molecule has 0 fully saturated rings. The van der Waals surface area contributed by atoms with Gasteiger partial charge in [0, 0.05) is 0 Å². The van der Waals surface area contributed by atoms with E-state index in [1.165, 1.54) is 18.2 Å². The average molecular weight is 345 g/mol. The lowest BCUT2D eigenvalue weighted by Crippen LogP contribution is -2.30. The summed E-state index contributed by atoms with van der Waals surface area (Å²) >= 11 is 11.6. The van der Waals surface area contributed by atoms with Gasteiger partial charge in [0.2, 0.25) is 0 Å². The quantitative estimate of drug-likeness (QED) is 0.813. The molecule has 0 atom stereocenters. The highest BCUT2D eigenvalue weighted by atomic mass is 35.5. The van der Waals surface area contributed by atoms with Crippen LogP contribution in [0.2, 0.25) is 10.0 Å². The normalized spacial score (nSPS) is 10.2. The van der Waals surface area contributed by atoms with Gasteiger partial charge in [0.25, 0.3) is 0 Å². The molecule has 8 heteroatoms. The van der Waals surface area contributed by atoms with Crippen LogP contribution in [-0.2, 0) is 9.59 Å². The van der Waals surface area contributed by atoms with Crippen LogP contribution in [0.4, 0.5) is 20.2 Å². The summed E-state index contributed by atoms with van der Waals surface area (Å²) in [6.45, 7) is 0. The summed E-state index contributed by atoms with van der Waals surface area (Å²) in [7, 11) is 0. The Bertz CT molecular complexity index is 733. The highest BCUT2D eigenvalue weighted by Crippen LogP contribution is 2.29. The largest absolute Gasteiger partial charge is 0.316 e. The molecule has 0 unspecified atom stereocenters. The third kappa shape index (κ3) is 3.52. The first-order valence-corrected chi connectivity index (χ1v) is 6.66. The minimum Gasteiger partial charge on any atom is -0.316 e. The number of nitrogens with one attached hydrogen (secondary N) is 2. The molecule has 2 aromatic rings. The van der Waals surface area contributed by atoms with Crippen LogP contribution in [0.15, 0.2) is 36.4 Å². The fourth-order valence-electron chi connectivity index (χ4n) is 1.57. The zero-order valence-electron chi connectivity index (χ0n) is 10.8. The van der Waals surface area contributed by atoms with Crippen LogP contribution < -0.4 is 10.6 Å². The van der Waals surface area contributed by atoms with Crippen molar-refractivity contribution in [3.63, 3.8) is 0 Å². The van der Waals surface area contributed by atoms with E-state index in [1.54, 1.807) is 0 Å². The van der Waals surface area contributed by atoms with Crippen molar-refractivity contribution >= 4 is 46.4 Å². The van der Waals surface area contributed by atoms with Gasteiger partial charge >= 0.3 is 11.8 Å². The number of amides is 2. The summed E-state index contributed by atoms with van der Waals surface area (Å²) in [5.74, 6) is -4.39. The van der Waals surface area contributed by atoms with Crippen molar-refractivity contribution in [1.29, 1.82) is 0 Å². The summed E-state index contributed by atoms with van der Waals surface area (Å²) in [5.41, 5.74) is -0.608. The molecule has 0 aliphatic rings. The van der Waals surface area contributed by atoms with E-state index in [1.807, 2.05) is 5.32 Å². The van der Waals surface area contributed by atoms with Crippen molar-refractivity contribution in [3.8, 4) is 0 Å². The number of carbonyl (C=O) groups is 2. The van der Waals surface area contributed by atoms with E-state index < -0.39 is 29.1 Å². The van der Waals surface area contributed by atoms with Gasteiger partial charge in [0.1, 0.15) is 17.3 Å². The van der Waals surface area contributed by atoms with Gasteiger partial charge in [-0.3, -0.25) is 9.59 Å². The van der Waals surface area contributed by atoms with Crippen LogP contribution in [0.25, 0.3) is 0 Å². The number of hydrogen-bond donors (Lipinski definition) is 2. The molecule has 0 saturated heterocycles. The number of carbonyl (C=O) groups excluding carboxylic acids is 2. The van der Waals surface area contributed by atoms with E-state index in [4.69, 9.17) is 23.2 Å². The molecule has 0 saturated carbocycles. The summed E-state index contributed by atoms with van der Waals surface area (Å²) < 4.78 is 26.8. The van der Waals surface area contributed by atoms with Crippen molar-refractivity contribution in [2.75, 3.05) is 10.6 Å². The fourth-order valence-corrected chi connectivity index (χ4v) is 1.91. The second-order valence-corrected chi connectivity index (χ2v) is 4.89. The van der Waals surface area contributed by atoms with Crippen LogP contribution in [0.3, 0.4) is 0 Å². The Hall–Kier alpha value is -2.18. The molecule has 0 heterocycles. The molecule has 2 rings (SSSR count). The molecular formula is C14H8Cl2F2N2O2. The standard InChI is InChI=1S/C14H8Cl2F2N2O2/c15-7-3-1-6-10(11(7)16)19-13(21)14(22)20-12-8(17)4-2-5-9(12)18/h1-6H,(H,19,21)(H,20,22). The number of rotatable bonds is 2. The van der Waals surface area contributed by atoms with Crippen LogP contribution in [0.5, 0.6) is 0 Å². The zero-order chi connectivity index (χ0) is 16.3. The lowest BCUT2D eigenvalue weighted by atomic mass is 10.3. The average Bonchev–Trinajstić information content (AvgIpc) is 2.47. The smallest absolute Gasteiger partial charge is 0.314 e. The van der Waals surface area contributed by atoms with Gasteiger partial charge in [0.05, 0.1) is 15.7 Å². The Balaban J connectivity index is 2.13. The maximum atomic E-state index is 13.4. The third-order valence-electron chi connectivity index (χ3n) is 2.61. The molecule has 2 amide bonds. The predicted molar refractivity (Wildman–Crippen MR) is 80.1 cm³/mol. The predicted octanol–water partition coefficient (Wildman–Crippen LogP) is 3.85. The number of benzene rings is 2. The van der Waals surface area contributed by atoms with Crippen molar-refractivity contribution in [1.82, 2.24) is 0 Å². The molecule has 22 heavy (non-hydrogen) atoms. The second kappa shape index (κ2) is 6.72. The molecule has 0 aliphatic carbocycles. The molecule has 2 N–H and O–H groups in total. The monoisotopic (exact) mass is 344 g/mol. The molecular weight excluding hydrogens is 337 g/mol. The Morgan fingerprint density at radius 3 is 2.05 bits per heavy atom. The summed E-state index contributed by atoms with van der Waals surface area (Å²) in [6, 6.07) is 7.46.